The van der Waals surface area contributed by atoms with Crippen molar-refractivity contribution in [2.24, 2.45) is 17.6 Å². The quantitative estimate of drug-likeness (QED) is 0.676. The lowest BCUT2D eigenvalue weighted by Crippen LogP contribution is -2.47. The molecule has 0 radical (unpaired) electrons. The van der Waals surface area contributed by atoms with Crippen molar-refractivity contribution >= 4 is 18.1 Å². The van der Waals surface area contributed by atoms with Crippen molar-refractivity contribution in [1.82, 2.24) is 9.80 Å². The van der Waals surface area contributed by atoms with Gasteiger partial charge in [-0.1, -0.05) is 0 Å². The summed E-state index contributed by atoms with van der Waals surface area (Å²) in [6.45, 7) is 11.0. The predicted molar refractivity (Wildman–Crippen MR) is 112 cm³/mol. The maximum atomic E-state index is 11.9. The Balaban J connectivity index is 0.000000176. The van der Waals surface area contributed by atoms with Crippen molar-refractivity contribution in [3.8, 4) is 6.07 Å². The minimum atomic E-state index is -0.535. The van der Waals surface area contributed by atoms with Gasteiger partial charge < -0.3 is 15.2 Å². The van der Waals surface area contributed by atoms with Crippen LogP contribution in [0, 0.1) is 23.2 Å². The van der Waals surface area contributed by atoms with Crippen LogP contribution in [0.2, 0.25) is 0 Å². The molecule has 4 aliphatic rings. The Morgan fingerprint density at radius 3 is 1.74 bits per heavy atom. The highest BCUT2D eigenvalue weighted by molar-refractivity contribution is 5.85. The first-order valence-corrected chi connectivity index (χ1v) is 10.9. The highest BCUT2D eigenvalue weighted by Crippen LogP contribution is 2.49. The highest BCUT2D eigenvalue weighted by Gasteiger charge is 2.57. The molecule has 2 saturated carbocycles. The number of nitriles is 1. The maximum absolute atomic E-state index is 11.9. The number of nitrogens with two attached hydrogens (primary N) is 1. The number of ether oxygens (including phenoxy) is 2. The van der Waals surface area contributed by atoms with Gasteiger partial charge in [0.05, 0.1) is 6.07 Å². The molecule has 2 aliphatic carbocycles. The fourth-order valence-electron chi connectivity index (χ4n) is 4.44. The monoisotopic (exact) mass is 434 g/mol. The number of fused-ring (bicyclic) bond motifs is 2. The van der Waals surface area contributed by atoms with E-state index in [9.17, 15) is 14.4 Å². The summed E-state index contributed by atoms with van der Waals surface area (Å²) in [5, 5.41) is 8.92. The Bertz CT molecular complexity index is 793. The number of hydrogen-bond donors (Lipinski definition) is 1. The molecule has 31 heavy (non-hydrogen) atoms. The minimum Gasteiger partial charge on any atom is -0.444 e. The highest BCUT2D eigenvalue weighted by atomic mass is 16.6. The van der Waals surface area contributed by atoms with Crippen LogP contribution in [0.1, 0.15) is 67.2 Å². The Morgan fingerprint density at radius 1 is 0.839 bits per heavy atom. The van der Waals surface area contributed by atoms with Crippen molar-refractivity contribution in [2.45, 2.75) is 103 Å². The summed E-state index contributed by atoms with van der Waals surface area (Å²) in [4.78, 5) is 38.1. The molecule has 2 aliphatic heterocycles. The van der Waals surface area contributed by atoms with Crippen LogP contribution in [0.15, 0.2) is 0 Å². The number of piperidine rings is 2. The third-order valence-corrected chi connectivity index (χ3v) is 5.89. The fraction of sp³-hybridized carbons (Fsp3) is 0.818. The molecule has 2 unspecified atom stereocenters. The zero-order valence-electron chi connectivity index (χ0n) is 19.3. The standard InChI is InChI=1S/C11H18N2O3.C11H16N2O2/c1-11(2,3)16-10(15)13-7-4-6(7)5-8(13)9(12)14;1-11(2,3)15-10(14)13-8(6-12)4-7-5-9(7)13/h6-8H,4-5H2,1-3H3,(H2,12,14);7-9H,4-5H2,1-3H3/t6-,7-,8?;7-,8?,9+/m10/s1. The molecule has 4 rings (SSSR count). The first-order chi connectivity index (χ1) is 14.2. The molecule has 2 N–H and O–H groups in total. The van der Waals surface area contributed by atoms with E-state index in [1.165, 1.54) is 4.90 Å². The van der Waals surface area contributed by atoms with E-state index in [-0.39, 0.29) is 24.2 Å². The van der Waals surface area contributed by atoms with E-state index in [4.69, 9.17) is 20.5 Å². The van der Waals surface area contributed by atoms with E-state index in [1.807, 2.05) is 41.5 Å². The van der Waals surface area contributed by atoms with Gasteiger partial charge in [0.2, 0.25) is 5.91 Å². The zero-order valence-corrected chi connectivity index (χ0v) is 19.3. The minimum absolute atomic E-state index is 0.173. The lowest BCUT2D eigenvalue weighted by Gasteiger charge is -2.28. The molecular weight excluding hydrogens is 400 g/mol. The molecule has 0 spiro atoms. The van der Waals surface area contributed by atoms with Gasteiger partial charge in [-0.15, -0.1) is 0 Å². The number of likely N-dealkylation sites (tertiary alicyclic amines) is 2. The summed E-state index contributed by atoms with van der Waals surface area (Å²) in [5.74, 6) is 0.560. The smallest absolute Gasteiger partial charge is 0.411 e. The Kier molecular flexibility index (Phi) is 5.89. The number of hydrogen-bond acceptors (Lipinski definition) is 6. The van der Waals surface area contributed by atoms with Gasteiger partial charge in [0.1, 0.15) is 23.3 Å². The van der Waals surface area contributed by atoms with Gasteiger partial charge in [0, 0.05) is 12.1 Å². The van der Waals surface area contributed by atoms with E-state index in [1.54, 1.807) is 4.90 Å². The van der Waals surface area contributed by atoms with E-state index in [0.717, 1.165) is 19.3 Å². The van der Waals surface area contributed by atoms with Crippen LogP contribution >= 0.6 is 0 Å². The summed E-state index contributed by atoms with van der Waals surface area (Å²) in [5.41, 5.74) is 4.27. The molecule has 0 bridgehead atoms. The molecule has 2 heterocycles. The lowest BCUT2D eigenvalue weighted by molar-refractivity contribution is -0.122. The average molecular weight is 435 g/mol. The molecule has 3 amide bonds. The number of carbonyl (C=O) groups is 3. The molecule has 0 aromatic rings. The van der Waals surface area contributed by atoms with Crippen molar-refractivity contribution in [3.63, 3.8) is 0 Å². The maximum Gasteiger partial charge on any atom is 0.411 e. The van der Waals surface area contributed by atoms with Crippen LogP contribution < -0.4 is 5.73 Å². The van der Waals surface area contributed by atoms with Crippen molar-refractivity contribution in [3.05, 3.63) is 0 Å². The number of rotatable bonds is 1. The van der Waals surface area contributed by atoms with E-state index >= 15 is 0 Å². The Labute approximate surface area is 183 Å². The van der Waals surface area contributed by atoms with Crippen LogP contribution in [0.5, 0.6) is 0 Å². The second kappa shape index (κ2) is 7.88. The largest absolute Gasteiger partial charge is 0.444 e. The third-order valence-electron chi connectivity index (χ3n) is 5.89. The van der Waals surface area contributed by atoms with E-state index in [0.29, 0.717) is 18.3 Å². The van der Waals surface area contributed by atoms with Crippen LogP contribution in [0.25, 0.3) is 0 Å². The van der Waals surface area contributed by atoms with Crippen LogP contribution in [0.4, 0.5) is 9.59 Å². The molecule has 4 fully saturated rings. The Hall–Kier alpha value is -2.50. The van der Waals surface area contributed by atoms with Gasteiger partial charge in [0.25, 0.3) is 0 Å². The second-order valence-electron chi connectivity index (χ2n) is 10.9. The van der Waals surface area contributed by atoms with Crippen molar-refractivity contribution in [2.75, 3.05) is 0 Å². The van der Waals surface area contributed by atoms with Crippen LogP contribution in [-0.2, 0) is 14.3 Å². The number of nitrogens with zero attached hydrogens (tertiary/aromatic N) is 3. The van der Waals surface area contributed by atoms with E-state index < -0.39 is 29.2 Å². The van der Waals surface area contributed by atoms with Gasteiger partial charge >= 0.3 is 12.2 Å². The van der Waals surface area contributed by atoms with Gasteiger partial charge in [-0.2, -0.15) is 5.26 Å². The molecule has 9 nitrogen and oxygen atoms in total. The average Bonchev–Trinajstić information content (AvgIpc) is 3.47. The van der Waals surface area contributed by atoms with Crippen molar-refractivity contribution < 1.29 is 23.9 Å². The molecule has 172 valence electrons. The first kappa shape index (κ1) is 23.2. The van der Waals surface area contributed by atoms with Gasteiger partial charge in [0.15, 0.2) is 0 Å². The SMILES string of the molecule is CC(C)(C)OC(=O)N1C(C#N)C[C@H]2C[C@H]21.CC(C)(C)OC(=O)N1C(C(N)=O)C[C@H]2C[C@H]21. The summed E-state index contributed by atoms with van der Waals surface area (Å²) in [6.07, 6.45) is 2.78. The van der Waals surface area contributed by atoms with Crippen LogP contribution in [0.3, 0.4) is 0 Å². The fourth-order valence-corrected chi connectivity index (χ4v) is 4.44. The second-order valence-corrected chi connectivity index (χ2v) is 10.9. The predicted octanol–water partition coefficient (Wildman–Crippen LogP) is 2.78. The lowest BCUT2D eigenvalue weighted by atomic mass is 10.1. The summed E-state index contributed by atoms with van der Waals surface area (Å²) >= 11 is 0. The molecule has 6 atom stereocenters. The number of amides is 3. The molecule has 2 saturated heterocycles. The zero-order chi connectivity index (χ0) is 23.3. The van der Waals surface area contributed by atoms with Gasteiger partial charge in [-0.25, -0.2) is 9.59 Å². The number of carbonyl (C=O) groups excluding carboxylic acids is 3. The summed E-state index contributed by atoms with van der Waals surface area (Å²) in [6, 6.07) is 1.86. The van der Waals surface area contributed by atoms with Gasteiger partial charge in [-0.05, 0) is 79.1 Å². The van der Waals surface area contributed by atoms with E-state index in [2.05, 4.69) is 6.07 Å². The molecule has 0 aromatic heterocycles. The molecule has 9 heteroatoms. The topological polar surface area (TPSA) is 126 Å². The van der Waals surface area contributed by atoms with Crippen molar-refractivity contribution in [1.29, 1.82) is 5.26 Å². The summed E-state index contributed by atoms with van der Waals surface area (Å²) < 4.78 is 10.6. The molecular formula is C22H34N4O5. The Morgan fingerprint density at radius 2 is 1.29 bits per heavy atom. The number of primary amides is 1. The third kappa shape index (κ3) is 5.41. The van der Waals surface area contributed by atoms with Gasteiger partial charge in [-0.3, -0.25) is 14.6 Å². The molecule has 0 aromatic carbocycles. The summed E-state index contributed by atoms with van der Waals surface area (Å²) in [7, 11) is 0. The van der Waals surface area contributed by atoms with Crippen LogP contribution in [-0.4, -0.2) is 63.3 Å². The normalized spacial score (nSPS) is 32.7. The first-order valence-electron chi connectivity index (χ1n) is 10.9.